The zero-order valence-corrected chi connectivity index (χ0v) is 12.1. The van der Waals surface area contributed by atoms with Crippen molar-refractivity contribution in [1.29, 1.82) is 0 Å². The van der Waals surface area contributed by atoms with Gasteiger partial charge in [0.25, 0.3) is 0 Å². The second kappa shape index (κ2) is 7.91. The van der Waals surface area contributed by atoms with E-state index in [1.165, 1.54) is 0 Å². The van der Waals surface area contributed by atoms with Gasteiger partial charge in [-0.1, -0.05) is 0 Å². The third-order valence-corrected chi connectivity index (χ3v) is 3.65. The summed E-state index contributed by atoms with van der Waals surface area (Å²) in [5.74, 6) is -0.520. The lowest BCUT2D eigenvalue weighted by Gasteiger charge is -2.06. The normalized spacial score (nSPS) is 19.4. The van der Waals surface area contributed by atoms with Crippen LogP contribution in [0, 0.1) is 0 Å². The largest absolute Gasteiger partial charge is 0.299 e. The summed E-state index contributed by atoms with van der Waals surface area (Å²) < 4.78 is 20.3. The molecule has 2 fully saturated rings. The first kappa shape index (κ1) is 16.5. The number of carbonyl (C=O) groups excluding carboxylic acids is 4. The molecular formula is C12H12O6S2. The Balaban J connectivity index is 0.000000200. The molecule has 2 aliphatic rings. The molecule has 0 aliphatic heterocycles. The van der Waals surface area contributed by atoms with Crippen LogP contribution in [0.15, 0.2) is 0 Å². The summed E-state index contributed by atoms with van der Waals surface area (Å²) in [6.45, 7) is 0. The Kier molecular flexibility index (Phi) is 6.53. The molecule has 0 saturated heterocycles. The zero-order valence-electron chi connectivity index (χ0n) is 10.5. The van der Waals surface area contributed by atoms with Gasteiger partial charge in [0.2, 0.25) is 0 Å². The first-order valence-corrected chi connectivity index (χ1v) is 7.28. The van der Waals surface area contributed by atoms with Crippen LogP contribution in [0.25, 0.3) is 0 Å². The van der Waals surface area contributed by atoms with Gasteiger partial charge in [-0.15, -0.1) is 0 Å². The van der Waals surface area contributed by atoms with Gasteiger partial charge in [-0.3, -0.25) is 19.2 Å². The molecular weight excluding hydrogens is 304 g/mol. The van der Waals surface area contributed by atoms with Crippen LogP contribution in [0.2, 0.25) is 0 Å². The summed E-state index contributed by atoms with van der Waals surface area (Å²) in [4.78, 5) is 43.5. The highest BCUT2D eigenvalue weighted by atomic mass is 32.1. The number of rotatable bonds is 0. The molecule has 108 valence electrons. The van der Waals surface area contributed by atoms with Crippen molar-refractivity contribution in [1.82, 2.24) is 0 Å². The van der Waals surface area contributed by atoms with E-state index >= 15 is 0 Å². The van der Waals surface area contributed by atoms with Crippen LogP contribution in [0.1, 0.15) is 38.5 Å². The van der Waals surface area contributed by atoms with Gasteiger partial charge < -0.3 is 0 Å². The first-order chi connectivity index (χ1) is 9.44. The fourth-order valence-corrected chi connectivity index (χ4v) is 2.69. The predicted octanol–water partition coefficient (Wildman–Crippen LogP) is -0.612. The maximum absolute atomic E-state index is 10.6. The molecule has 20 heavy (non-hydrogen) atoms. The van der Waals surface area contributed by atoms with E-state index in [0.29, 0.717) is 9.73 Å². The van der Waals surface area contributed by atoms with E-state index in [1.54, 1.807) is 0 Å². The molecule has 0 aromatic carbocycles. The second-order valence-electron chi connectivity index (χ2n) is 4.46. The van der Waals surface area contributed by atoms with E-state index in [1.807, 2.05) is 0 Å². The van der Waals surface area contributed by atoms with E-state index in [-0.39, 0.29) is 84.2 Å². The van der Waals surface area contributed by atoms with Crippen LogP contribution in [-0.2, 0) is 41.7 Å². The van der Waals surface area contributed by atoms with E-state index in [9.17, 15) is 27.6 Å². The summed E-state index contributed by atoms with van der Waals surface area (Å²) in [6, 6.07) is 0. The molecule has 2 aliphatic carbocycles. The Bertz CT molecular complexity index is 491. The average molecular weight is 316 g/mol. The molecule has 0 N–H and O–H groups in total. The molecule has 0 atom stereocenters. The van der Waals surface area contributed by atoms with Crippen molar-refractivity contribution in [2.24, 2.45) is 0 Å². The van der Waals surface area contributed by atoms with Crippen molar-refractivity contribution in [3.8, 4) is 0 Å². The van der Waals surface area contributed by atoms with Crippen molar-refractivity contribution in [2.45, 2.75) is 38.5 Å². The van der Waals surface area contributed by atoms with Crippen LogP contribution in [0.5, 0.6) is 0 Å². The summed E-state index contributed by atoms with van der Waals surface area (Å²) in [6.07, 6.45) is 0.813. The lowest BCUT2D eigenvalue weighted by Crippen LogP contribution is -2.22. The fraction of sp³-hybridized carbons (Fsp3) is 0.500. The highest BCUT2D eigenvalue weighted by molar-refractivity contribution is 7.66. The van der Waals surface area contributed by atoms with Crippen molar-refractivity contribution >= 4 is 55.4 Å². The van der Waals surface area contributed by atoms with Gasteiger partial charge in [0.1, 0.15) is 23.1 Å². The van der Waals surface area contributed by atoms with Crippen LogP contribution in [0.3, 0.4) is 0 Å². The molecule has 6 nitrogen and oxygen atoms in total. The van der Waals surface area contributed by atoms with Crippen molar-refractivity contribution in [3.63, 3.8) is 0 Å². The Hall–Kier alpha value is -1.54. The molecule has 0 heterocycles. The van der Waals surface area contributed by atoms with Gasteiger partial charge in [0.15, 0.2) is 0 Å². The maximum atomic E-state index is 10.6. The van der Waals surface area contributed by atoms with Crippen LogP contribution in [0.4, 0.5) is 0 Å². The fourth-order valence-electron chi connectivity index (χ4n) is 1.81. The minimum atomic E-state index is -0.130. The molecule has 2 saturated carbocycles. The zero-order chi connectivity index (χ0) is 15.1. The first-order valence-electron chi connectivity index (χ1n) is 5.80. The average Bonchev–Trinajstić information content (AvgIpc) is 2.37. The summed E-state index contributed by atoms with van der Waals surface area (Å²) in [5, 5.41) is 0. The molecule has 8 heteroatoms. The molecule has 0 bridgehead atoms. The van der Waals surface area contributed by atoms with Crippen LogP contribution >= 0.6 is 0 Å². The molecule has 0 amide bonds. The highest BCUT2D eigenvalue weighted by Gasteiger charge is 2.21. The van der Waals surface area contributed by atoms with Crippen molar-refractivity contribution < 1.29 is 27.6 Å². The summed E-state index contributed by atoms with van der Waals surface area (Å²) >= 11 is 0.556. The van der Waals surface area contributed by atoms with Crippen molar-refractivity contribution in [3.05, 3.63) is 0 Å². The molecule has 0 radical (unpaired) electrons. The third kappa shape index (κ3) is 5.62. The number of ketones is 4. The minimum absolute atomic E-state index is 0.0179. The Morgan fingerprint density at radius 1 is 0.500 bits per heavy atom. The topological polar surface area (TPSA) is 102 Å². The van der Waals surface area contributed by atoms with Gasteiger partial charge in [-0.25, -0.2) is 8.42 Å². The van der Waals surface area contributed by atoms with E-state index < -0.39 is 0 Å². The Morgan fingerprint density at radius 2 is 0.750 bits per heavy atom. The highest BCUT2D eigenvalue weighted by Crippen LogP contribution is 2.07. The SMILES string of the molecule is O=S=C1CC(=O)CC(=O)C1.O=S=C1CC(=O)CC(=O)C1. The van der Waals surface area contributed by atoms with E-state index in [0.717, 1.165) is 0 Å². The smallest absolute Gasteiger partial charge is 0.145 e. The lowest BCUT2D eigenvalue weighted by atomic mass is 9.98. The predicted molar refractivity (Wildman–Crippen MR) is 74.0 cm³/mol. The molecule has 0 spiro atoms. The number of Topliss-reactive ketones (excluding diaryl/α,β-unsaturated/α-hetero) is 4. The molecule has 0 aromatic rings. The minimum Gasteiger partial charge on any atom is -0.299 e. The molecule has 2 rings (SSSR count). The van der Waals surface area contributed by atoms with E-state index in [4.69, 9.17) is 0 Å². The number of hydrogen-bond acceptors (Lipinski definition) is 6. The summed E-state index contributed by atoms with van der Waals surface area (Å²) in [5.41, 5.74) is 0. The summed E-state index contributed by atoms with van der Waals surface area (Å²) in [7, 11) is 0. The van der Waals surface area contributed by atoms with Gasteiger partial charge in [-0.05, 0) is 0 Å². The van der Waals surface area contributed by atoms with Gasteiger partial charge >= 0.3 is 0 Å². The van der Waals surface area contributed by atoms with Crippen molar-refractivity contribution in [2.75, 3.05) is 0 Å². The third-order valence-electron chi connectivity index (χ3n) is 2.60. The van der Waals surface area contributed by atoms with Crippen LogP contribution < -0.4 is 0 Å². The number of carbonyl (C=O) groups is 4. The number of hydrogen-bond donors (Lipinski definition) is 0. The quantitative estimate of drug-likeness (QED) is 0.436. The second-order valence-corrected chi connectivity index (χ2v) is 5.95. The molecule has 0 unspecified atom stereocenters. The lowest BCUT2D eigenvalue weighted by molar-refractivity contribution is -0.128. The van der Waals surface area contributed by atoms with Gasteiger partial charge in [0.05, 0.1) is 35.4 Å². The Morgan fingerprint density at radius 3 is 0.950 bits per heavy atom. The van der Waals surface area contributed by atoms with Gasteiger partial charge in [-0.2, -0.15) is 0 Å². The standard InChI is InChI=1S/2C6H6O3S/c2*7-4-1-5(8)3-6(2-4)10-9/h2*1-3H2. The monoisotopic (exact) mass is 316 g/mol. The van der Waals surface area contributed by atoms with E-state index in [2.05, 4.69) is 0 Å². The molecule has 0 aromatic heterocycles. The maximum Gasteiger partial charge on any atom is 0.145 e. The van der Waals surface area contributed by atoms with Gasteiger partial charge in [0, 0.05) is 35.4 Å². The Labute approximate surface area is 122 Å². The van der Waals surface area contributed by atoms with Crippen LogP contribution in [-0.4, -0.2) is 41.3 Å².